The molecule has 0 saturated carbocycles. The van der Waals surface area contributed by atoms with E-state index in [9.17, 15) is 0 Å². The van der Waals surface area contributed by atoms with Crippen LogP contribution in [0.5, 0.6) is 0 Å². The normalized spacial score (nSPS) is 20.0. The van der Waals surface area contributed by atoms with Gasteiger partial charge in [-0.25, -0.2) is 0 Å². The van der Waals surface area contributed by atoms with E-state index < -0.39 is 0 Å². The Morgan fingerprint density at radius 2 is 1.52 bits per heavy atom. The second-order valence-corrected chi connectivity index (χ2v) is 6.02. The summed E-state index contributed by atoms with van der Waals surface area (Å²) >= 11 is 0. The van der Waals surface area contributed by atoms with Crippen LogP contribution in [0.15, 0.2) is 48.5 Å². The second kappa shape index (κ2) is 5.05. The number of hydrogen-bond acceptors (Lipinski definition) is 2. The summed E-state index contributed by atoms with van der Waals surface area (Å²) in [5, 5.41) is 3.62. The molecule has 2 nitrogen and oxygen atoms in total. The van der Waals surface area contributed by atoms with Crippen LogP contribution in [0.1, 0.15) is 30.4 Å². The van der Waals surface area contributed by atoms with Gasteiger partial charge in [0.25, 0.3) is 0 Å². The molecule has 0 saturated heterocycles. The quantitative estimate of drug-likeness (QED) is 0.809. The third-order valence-corrected chi connectivity index (χ3v) is 4.77. The molecule has 4 rings (SSSR count). The predicted molar refractivity (Wildman–Crippen MR) is 89.4 cm³/mol. The number of rotatable bonds is 1. The largest absolute Gasteiger partial charge is 0.355 e. The summed E-state index contributed by atoms with van der Waals surface area (Å²) in [5.74, 6) is 0.613. The Bertz CT molecular complexity index is 715. The highest BCUT2D eigenvalue weighted by Crippen LogP contribution is 2.47. The Balaban J connectivity index is 1.96. The summed E-state index contributed by atoms with van der Waals surface area (Å²) in [5.41, 5.74) is 14.1. The first-order chi connectivity index (χ1) is 10.4. The van der Waals surface area contributed by atoms with Crippen LogP contribution in [0.25, 0.3) is 11.1 Å². The maximum atomic E-state index is 5.94. The van der Waals surface area contributed by atoms with Crippen LogP contribution in [0.4, 0.5) is 11.4 Å². The maximum absolute atomic E-state index is 5.94. The molecule has 21 heavy (non-hydrogen) atoms. The molecular formula is C19H20N2. The van der Waals surface area contributed by atoms with E-state index in [1.165, 1.54) is 40.1 Å². The first-order valence-electron chi connectivity index (χ1n) is 7.74. The fourth-order valence-corrected chi connectivity index (χ4v) is 3.64. The van der Waals surface area contributed by atoms with Crippen LogP contribution >= 0.6 is 0 Å². The van der Waals surface area contributed by atoms with Gasteiger partial charge in [-0.2, -0.15) is 0 Å². The number of benzene rings is 2. The van der Waals surface area contributed by atoms with E-state index in [2.05, 4.69) is 53.8 Å². The number of fused-ring (bicyclic) bond motifs is 4. The van der Waals surface area contributed by atoms with Gasteiger partial charge in [0.15, 0.2) is 0 Å². The van der Waals surface area contributed by atoms with Gasteiger partial charge in [0.1, 0.15) is 0 Å². The van der Waals surface area contributed by atoms with Crippen molar-refractivity contribution in [2.24, 2.45) is 11.7 Å². The summed E-state index contributed by atoms with van der Waals surface area (Å²) in [6, 6.07) is 17.3. The van der Waals surface area contributed by atoms with Crippen LogP contribution in [0.3, 0.4) is 0 Å². The topological polar surface area (TPSA) is 38.0 Å². The molecule has 3 N–H and O–H groups in total. The Morgan fingerprint density at radius 3 is 2.19 bits per heavy atom. The number of anilines is 2. The van der Waals surface area contributed by atoms with Gasteiger partial charge in [0.05, 0.1) is 0 Å². The van der Waals surface area contributed by atoms with Crippen molar-refractivity contribution in [3.05, 3.63) is 59.7 Å². The summed E-state index contributed by atoms with van der Waals surface area (Å²) in [6.07, 6.45) is 3.43. The van der Waals surface area contributed by atoms with Crippen molar-refractivity contribution in [3.8, 4) is 0 Å². The molecule has 0 amide bonds. The first kappa shape index (κ1) is 12.7. The lowest BCUT2D eigenvalue weighted by atomic mass is 9.78. The minimum absolute atomic E-state index is 0.613. The average molecular weight is 276 g/mol. The lowest BCUT2D eigenvalue weighted by Crippen LogP contribution is -2.18. The van der Waals surface area contributed by atoms with Crippen LogP contribution < -0.4 is 11.1 Å². The highest BCUT2D eigenvalue weighted by Gasteiger charge is 2.26. The van der Waals surface area contributed by atoms with Crippen molar-refractivity contribution in [3.63, 3.8) is 0 Å². The van der Waals surface area contributed by atoms with Crippen molar-refractivity contribution in [1.82, 2.24) is 0 Å². The number of para-hydroxylation sites is 2. The van der Waals surface area contributed by atoms with Crippen molar-refractivity contribution in [1.29, 1.82) is 0 Å². The van der Waals surface area contributed by atoms with Crippen LogP contribution in [0, 0.1) is 5.92 Å². The number of allylic oxidation sites excluding steroid dienone is 2. The second-order valence-electron chi connectivity index (χ2n) is 6.02. The van der Waals surface area contributed by atoms with E-state index in [0.717, 1.165) is 19.4 Å². The minimum Gasteiger partial charge on any atom is -0.355 e. The zero-order valence-electron chi connectivity index (χ0n) is 12.1. The van der Waals surface area contributed by atoms with Gasteiger partial charge in [-0.05, 0) is 55.0 Å². The van der Waals surface area contributed by atoms with Crippen LogP contribution in [0.2, 0.25) is 0 Å². The smallest absolute Gasteiger partial charge is 0.0460 e. The van der Waals surface area contributed by atoms with Gasteiger partial charge in [0, 0.05) is 22.5 Å². The van der Waals surface area contributed by atoms with Gasteiger partial charge >= 0.3 is 0 Å². The third-order valence-electron chi connectivity index (χ3n) is 4.77. The fourth-order valence-electron chi connectivity index (χ4n) is 3.64. The van der Waals surface area contributed by atoms with Gasteiger partial charge in [-0.3, -0.25) is 0 Å². The molecule has 0 fully saturated rings. The van der Waals surface area contributed by atoms with E-state index in [4.69, 9.17) is 5.73 Å². The lowest BCUT2D eigenvalue weighted by Gasteiger charge is -2.26. The molecule has 0 spiro atoms. The summed E-state index contributed by atoms with van der Waals surface area (Å²) in [4.78, 5) is 0. The Kier molecular flexibility index (Phi) is 3.04. The Labute approximate surface area is 125 Å². The van der Waals surface area contributed by atoms with E-state index in [0.29, 0.717) is 5.92 Å². The van der Waals surface area contributed by atoms with Crippen LogP contribution in [-0.4, -0.2) is 6.54 Å². The Hall–Kier alpha value is -2.06. The number of nitrogens with two attached hydrogens (primary N) is 1. The highest BCUT2D eigenvalue weighted by atomic mass is 14.9. The molecule has 0 radical (unpaired) electrons. The van der Waals surface area contributed by atoms with Crippen molar-refractivity contribution in [2.75, 3.05) is 11.9 Å². The fraction of sp³-hybridized carbons (Fsp3) is 0.263. The molecule has 1 aliphatic heterocycles. The number of nitrogens with one attached hydrogen (secondary N) is 1. The molecule has 1 unspecified atom stereocenters. The molecule has 1 heterocycles. The van der Waals surface area contributed by atoms with Crippen molar-refractivity contribution >= 4 is 22.5 Å². The maximum Gasteiger partial charge on any atom is 0.0460 e. The molecule has 106 valence electrons. The predicted octanol–water partition coefficient (Wildman–Crippen LogP) is 4.41. The van der Waals surface area contributed by atoms with Crippen molar-refractivity contribution in [2.45, 2.75) is 19.3 Å². The average Bonchev–Trinajstić information content (AvgIpc) is 2.69. The van der Waals surface area contributed by atoms with Gasteiger partial charge in [0.2, 0.25) is 0 Å². The SMILES string of the molecule is NCC1CCC2=C(C1)c1ccccc1Nc1ccccc12. The van der Waals surface area contributed by atoms with Gasteiger partial charge < -0.3 is 11.1 Å². The number of hydrogen-bond donors (Lipinski definition) is 2. The first-order valence-corrected chi connectivity index (χ1v) is 7.74. The minimum atomic E-state index is 0.613. The highest BCUT2D eigenvalue weighted by molar-refractivity contribution is 6.01. The molecule has 2 aromatic rings. The zero-order chi connectivity index (χ0) is 14.2. The summed E-state index contributed by atoms with van der Waals surface area (Å²) in [7, 11) is 0. The van der Waals surface area contributed by atoms with Gasteiger partial charge in [-0.1, -0.05) is 36.4 Å². The standard InChI is InChI=1S/C19H20N2/c20-12-13-9-10-14-15-5-1-3-7-18(15)21-19-8-4-2-6-16(19)17(14)11-13/h1-8,13,21H,9-12,20H2. The van der Waals surface area contributed by atoms with E-state index in [-0.39, 0.29) is 0 Å². The lowest BCUT2D eigenvalue weighted by molar-refractivity contribution is 0.505. The molecule has 2 heteroatoms. The van der Waals surface area contributed by atoms with E-state index in [1.807, 2.05) is 0 Å². The van der Waals surface area contributed by atoms with Crippen LogP contribution in [-0.2, 0) is 0 Å². The molecule has 0 bridgehead atoms. The molecular weight excluding hydrogens is 256 g/mol. The van der Waals surface area contributed by atoms with Gasteiger partial charge in [-0.15, -0.1) is 0 Å². The molecule has 2 aliphatic rings. The monoisotopic (exact) mass is 276 g/mol. The third kappa shape index (κ3) is 2.07. The van der Waals surface area contributed by atoms with Crippen molar-refractivity contribution < 1.29 is 0 Å². The van der Waals surface area contributed by atoms with E-state index in [1.54, 1.807) is 0 Å². The molecule has 2 aromatic carbocycles. The molecule has 1 aliphatic carbocycles. The molecule has 1 atom stereocenters. The Morgan fingerprint density at radius 1 is 0.905 bits per heavy atom. The summed E-state index contributed by atoms with van der Waals surface area (Å²) in [6.45, 7) is 0.786. The van der Waals surface area contributed by atoms with E-state index >= 15 is 0 Å². The zero-order valence-corrected chi connectivity index (χ0v) is 12.1. The summed E-state index contributed by atoms with van der Waals surface area (Å²) < 4.78 is 0. The molecule has 0 aromatic heterocycles.